The molecule has 1 aromatic carbocycles. The Labute approximate surface area is 118 Å². The van der Waals surface area contributed by atoms with Crippen LogP contribution < -0.4 is 0 Å². The summed E-state index contributed by atoms with van der Waals surface area (Å²) in [5.74, 6) is 0. The Hall–Kier alpha value is -1.12. The molecule has 1 N–H and O–H groups in total. The van der Waals surface area contributed by atoms with Crippen LogP contribution in [-0.2, 0) is 18.3 Å². The van der Waals surface area contributed by atoms with Crippen molar-refractivity contribution in [2.24, 2.45) is 0 Å². The first-order valence-corrected chi connectivity index (χ1v) is 7.99. The topological polar surface area (TPSA) is 20.2 Å². The first-order valence-electron chi connectivity index (χ1n) is 7.04. The third kappa shape index (κ3) is 2.47. The molecule has 1 aromatic heterocycles. The molecule has 2 aromatic rings. The molecule has 0 aliphatic heterocycles. The first kappa shape index (κ1) is 12.9. The number of thiophene rings is 1. The molecule has 1 aliphatic rings. The van der Waals surface area contributed by atoms with E-state index in [9.17, 15) is 5.11 Å². The lowest BCUT2D eigenvalue weighted by Crippen LogP contribution is -2.35. The molecule has 0 bridgehead atoms. The van der Waals surface area contributed by atoms with Crippen molar-refractivity contribution >= 4 is 11.3 Å². The Morgan fingerprint density at radius 1 is 1.21 bits per heavy atom. The Kier molecular flexibility index (Phi) is 3.72. The van der Waals surface area contributed by atoms with E-state index in [1.165, 1.54) is 23.1 Å². The highest BCUT2D eigenvalue weighted by atomic mass is 32.1. The molecular weight excluding hydrogens is 252 g/mol. The molecule has 0 saturated carbocycles. The fourth-order valence-corrected chi connectivity index (χ4v) is 4.03. The van der Waals surface area contributed by atoms with Crippen LogP contribution in [0.2, 0.25) is 0 Å². The van der Waals surface area contributed by atoms with E-state index in [1.54, 1.807) is 11.3 Å². The summed E-state index contributed by atoms with van der Waals surface area (Å²) in [6.07, 6.45) is 5.60. The lowest BCUT2D eigenvalue weighted by Gasteiger charge is -2.38. The number of aliphatic hydroxyl groups is 1. The molecule has 0 spiro atoms. The quantitative estimate of drug-likeness (QED) is 0.893. The summed E-state index contributed by atoms with van der Waals surface area (Å²) in [6.45, 7) is 0.272. The molecule has 1 atom stereocenters. The maximum absolute atomic E-state index is 10.0. The molecule has 2 heteroatoms. The predicted octanol–water partition coefficient (Wildman–Crippen LogP) is 3.95. The van der Waals surface area contributed by atoms with Crippen LogP contribution in [0.15, 0.2) is 41.1 Å². The number of aliphatic hydroxyl groups excluding tert-OH is 1. The van der Waals surface area contributed by atoms with Gasteiger partial charge >= 0.3 is 0 Å². The molecule has 1 unspecified atom stereocenters. The summed E-state index contributed by atoms with van der Waals surface area (Å²) in [5.41, 5.74) is 4.21. The smallest absolute Gasteiger partial charge is 0.0528 e. The van der Waals surface area contributed by atoms with Crippen LogP contribution in [-0.4, -0.2) is 11.7 Å². The minimum atomic E-state index is -0.0171. The second kappa shape index (κ2) is 5.48. The van der Waals surface area contributed by atoms with Gasteiger partial charge in [0.1, 0.15) is 0 Å². The monoisotopic (exact) mass is 272 g/mol. The second-order valence-corrected chi connectivity index (χ2v) is 6.36. The van der Waals surface area contributed by atoms with Gasteiger partial charge in [-0.15, -0.1) is 0 Å². The van der Waals surface area contributed by atoms with Gasteiger partial charge in [-0.3, -0.25) is 0 Å². The van der Waals surface area contributed by atoms with E-state index in [0.717, 1.165) is 25.7 Å². The average molecular weight is 272 g/mol. The summed E-state index contributed by atoms with van der Waals surface area (Å²) < 4.78 is 0. The van der Waals surface area contributed by atoms with Crippen LogP contribution in [0, 0.1) is 0 Å². The molecule has 0 saturated heterocycles. The Balaban J connectivity index is 1.87. The van der Waals surface area contributed by atoms with Crippen molar-refractivity contribution in [3.05, 3.63) is 57.8 Å². The fraction of sp³-hybridized carbons (Fsp3) is 0.412. The number of aryl methyl sites for hydroxylation is 2. The summed E-state index contributed by atoms with van der Waals surface area (Å²) in [6, 6.07) is 10.9. The second-order valence-electron chi connectivity index (χ2n) is 5.58. The van der Waals surface area contributed by atoms with Crippen molar-refractivity contribution in [1.82, 2.24) is 0 Å². The van der Waals surface area contributed by atoms with Gasteiger partial charge in [0.2, 0.25) is 0 Å². The zero-order valence-electron chi connectivity index (χ0n) is 11.1. The summed E-state index contributed by atoms with van der Waals surface area (Å²) in [5, 5.41) is 14.4. The summed E-state index contributed by atoms with van der Waals surface area (Å²) in [4.78, 5) is 0. The maximum atomic E-state index is 10.0. The molecule has 0 amide bonds. The van der Waals surface area contributed by atoms with Crippen LogP contribution in [0.25, 0.3) is 0 Å². The van der Waals surface area contributed by atoms with Gasteiger partial charge in [-0.1, -0.05) is 24.3 Å². The lowest BCUT2D eigenvalue weighted by atomic mass is 9.67. The van der Waals surface area contributed by atoms with E-state index in [4.69, 9.17) is 0 Å². The van der Waals surface area contributed by atoms with Crippen molar-refractivity contribution in [1.29, 1.82) is 0 Å². The third-order valence-corrected chi connectivity index (χ3v) is 5.20. The summed E-state index contributed by atoms with van der Waals surface area (Å²) in [7, 11) is 0. The van der Waals surface area contributed by atoms with Gasteiger partial charge in [-0.25, -0.2) is 0 Å². The molecule has 1 nitrogen and oxygen atoms in total. The standard InChI is InChI=1S/C17H20OS/c18-13-17(10-7-14-8-11-19-12-14)9-3-5-15-4-1-2-6-16(15)17/h1-2,4,6,8,11-12,18H,3,5,7,9-10,13H2. The molecule has 19 heavy (non-hydrogen) atoms. The largest absolute Gasteiger partial charge is 0.395 e. The average Bonchev–Trinajstić information content (AvgIpc) is 2.98. The van der Waals surface area contributed by atoms with Crippen molar-refractivity contribution in [3.8, 4) is 0 Å². The Bertz CT molecular complexity index is 532. The van der Waals surface area contributed by atoms with E-state index in [1.807, 2.05) is 0 Å². The van der Waals surface area contributed by atoms with Gasteiger partial charge in [0, 0.05) is 5.41 Å². The highest BCUT2D eigenvalue weighted by Crippen LogP contribution is 2.40. The molecule has 3 rings (SSSR count). The maximum Gasteiger partial charge on any atom is 0.0528 e. The van der Waals surface area contributed by atoms with Crippen molar-refractivity contribution in [3.63, 3.8) is 0 Å². The molecule has 1 aliphatic carbocycles. The van der Waals surface area contributed by atoms with Gasteiger partial charge in [0.15, 0.2) is 0 Å². The van der Waals surface area contributed by atoms with Crippen LogP contribution in [0.4, 0.5) is 0 Å². The summed E-state index contributed by atoms with van der Waals surface area (Å²) >= 11 is 1.76. The van der Waals surface area contributed by atoms with E-state index < -0.39 is 0 Å². The molecule has 0 radical (unpaired) electrons. The number of fused-ring (bicyclic) bond motifs is 1. The first-order chi connectivity index (χ1) is 9.34. The normalized spacial score (nSPS) is 22.2. The molecular formula is C17H20OS. The number of hydrogen-bond donors (Lipinski definition) is 1. The van der Waals surface area contributed by atoms with E-state index in [-0.39, 0.29) is 12.0 Å². The minimum absolute atomic E-state index is 0.0171. The highest BCUT2D eigenvalue weighted by Gasteiger charge is 2.35. The van der Waals surface area contributed by atoms with Crippen LogP contribution in [0.1, 0.15) is 36.0 Å². The number of rotatable bonds is 4. The molecule has 0 fully saturated rings. The van der Waals surface area contributed by atoms with Crippen molar-refractivity contribution in [2.75, 3.05) is 6.61 Å². The van der Waals surface area contributed by atoms with Crippen LogP contribution in [0.5, 0.6) is 0 Å². The third-order valence-electron chi connectivity index (χ3n) is 4.47. The molecule has 100 valence electrons. The minimum Gasteiger partial charge on any atom is -0.395 e. The van der Waals surface area contributed by atoms with Crippen molar-refractivity contribution in [2.45, 2.75) is 37.5 Å². The number of benzene rings is 1. The van der Waals surface area contributed by atoms with E-state index in [2.05, 4.69) is 41.1 Å². The van der Waals surface area contributed by atoms with Crippen LogP contribution >= 0.6 is 11.3 Å². The highest BCUT2D eigenvalue weighted by molar-refractivity contribution is 7.07. The predicted molar refractivity (Wildman–Crippen MR) is 80.8 cm³/mol. The lowest BCUT2D eigenvalue weighted by molar-refractivity contribution is 0.165. The zero-order valence-corrected chi connectivity index (χ0v) is 12.0. The van der Waals surface area contributed by atoms with E-state index >= 15 is 0 Å². The van der Waals surface area contributed by atoms with Crippen molar-refractivity contribution < 1.29 is 5.11 Å². The van der Waals surface area contributed by atoms with Gasteiger partial charge in [-0.2, -0.15) is 11.3 Å². The van der Waals surface area contributed by atoms with Gasteiger partial charge in [0.25, 0.3) is 0 Å². The Morgan fingerprint density at radius 3 is 2.89 bits per heavy atom. The molecule has 1 heterocycles. The van der Waals surface area contributed by atoms with Gasteiger partial charge in [0.05, 0.1) is 6.61 Å². The zero-order chi connectivity index (χ0) is 13.1. The van der Waals surface area contributed by atoms with Gasteiger partial charge in [-0.05, 0) is 65.6 Å². The van der Waals surface area contributed by atoms with E-state index in [0.29, 0.717) is 0 Å². The Morgan fingerprint density at radius 2 is 2.11 bits per heavy atom. The number of hydrogen-bond acceptors (Lipinski definition) is 2. The van der Waals surface area contributed by atoms with Crippen LogP contribution in [0.3, 0.4) is 0 Å². The fourth-order valence-electron chi connectivity index (χ4n) is 3.33. The SMILES string of the molecule is OCC1(CCc2ccsc2)CCCc2ccccc21. The van der Waals surface area contributed by atoms with Gasteiger partial charge < -0.3 is 5.11 Å².